The summed E-state index contributed by atoms with van der Waals surface area (Å²) in [7, 11) is 0. The van der Waals surface area contributed by atoms with Gasteiger partial charge in [0, 0.05) is 5.54 Å². The van der Waals surface area contributed by atoms with E-state index in [2.05, 4.69) is 20.3 Å². The Kier molecular flexibility index (Phi) is 3.48. The molecule has 2 aromatic heterocycles. The largest absolute Gasteiger partial charge is 0.347 e. The molecule has 22 heavy (non-hydrogen) atoms. The third-order valence-corrected chi connectivity index (χ3v) is 3.95. The lowest BCUT2D eigenvalue weighted by Crippen LogP contribution is -2.40. The average molecular weight is 314 g/mol. The van der Waals surface area contributed by atoms with Gasteiger partial charge in [0.15, 0.2) is 5.82 Å². The SMILES string of the molecule is Cc1ccc2[nH]c(-c3ncsc3C(=O)NC(C)(C)C)nc2c1. The molecule has 0 aliphatic rings. The Morgan fingerprint density at radius 1 is 1.32 bits per heavy atom. The molecular formula is C16H18N4OS. The normalized spacial score (nSPS) is 11.8. The smallest absolute Gasteiger partial charge is 0.264 e. The maximum absolute atomic E-state index is 12.4. The number of H-pyrrole nitrogens is 1. The number of benzene rings is 1. The van der Waals surface area contributed by atoms with Gasteiger partial charge in [-0.3, -0.25) is 4.79 Å². The van der Waals surface area contributed by atoms with Crippen LogP contribution in [0.4, 0.5) is 0 Å². The van der Waals surface area contributed by atoms with Gasteiger partial charge in [0.2, 0.25) is 0 Å². The number of aromatic nitrogens is 3. The van der Waals surface area contributed by atoms with Crippen molar-refractivity contribution < 1.29 is 4.79 Å². The van der Waals surface area contributed by atoms with E-state index in [0.29, 0.717) is 16.4 Å². The second-order valence-electron chi connectivity index (χ2n) is 6.34. The Morgan fingerprint density at radius 3 is 2.82 bits per heavy atom. The predicted octanol–water partition coefficient (Wildman–Crippen LogP) is 3.52. The number of aromatic amines is 1. The minimum atomic E-state index is -0.288. The van der Waals surface area contributed by atoms with E-state index >= 15 is 0 Å². The molecule has 3 rings (SSSR count). The van der Waals surface area contributed by atoms with E-state index < -0.39 is 0 Å². The maximum Gasteiger partial charge on any atom is 0.264 e. The lowest BCUT2D eigenvalue weighted by Gasteiger charge is -2.19. The number of carbonyl (C=O) groups is 1. The summed E-state index contributed by atoms with van der Waals surface area (Å²) in [5, 5.41) is 2.96. The van der Waals surface area contributed by atoms with E-state index in [0.717, 1.165) is 16.6 Å². The first kappa shape index (κ1) is 14.7. The van der Waals surface area contributed by atoms with E-state index in [1.807, 2.05) is 45.9 Å². The van der Waals surface area contributed by atoms with Crippen molar-refractivity contribution in [3.8, 4) is 11.5 Å². The molecule has 6 heteroatoms. The van der Waals surface area contributed by atoms with E-state index in [1.165, 1.54) is 11.3 Å². The van der Waals surface area contributed by atoms with Crippen LogP contribution in [-0.2, 0) is 0 Å². The van der Waals surface area contributed by atoms with Gasteiger partial charge in [0.1, 0.15) is 10.6 Å². The van der Waals surface area contributed by atoms with Gasteiger partial charge in [0.25, 0.3) is 5.91 Å². The van der Waals surface area contributed by atoms with Crippen molar-refractivity contribution in [2.75, 3.05) is 0 Å². The second kappa shape index (κ2) is 5.21. The summed E-state index contributed by atoms with van der Waals surface area (Å²) in [4.78, 5) is 25.1. The van der Waals surface area contributed by atoms with Crippen LogP contribution >= 0.6 is 11.3 Å². The predicted molar refractivity (Wildman–Crippen MR) is 89.2 cm³/mol. The average Bonchev–Trinajstić information content (AvgIpc) is 3.01. The van der Waals surface area contributed by atoms with Crippen LogP contribution < -0.4 is 5.32 Å². The summed E-state index contributed by atoms with van der Waals surface area (Å²) in [6, 6.07) is 6.03. The number of nitrogens with one attached hydrogen (secondary N) is 2. The van der Waals surface area contributed by atoms with Gasteiger partial charge in [-0.15, -0.1) is 11.3 Å². The molecule has 3 aromatic rings. The number of thiazole rings is 1. The Morgan fingerprint density at radius 2 is 2.09 bits per heavy atom. The van der Waals surface area contributed by atoms with Gasteiger partial charge < -0.3 is 10.3 Å². The Labute approximate surface area is 132 Å². The molecule has 1 amide bonds. The summed E-state index contributed by atoms with van der Waals surface area (Å²) in [5.74, 6) is 0.502. The molecule has 1 aromatic carbocycles. The first-order chi connectivity index (χ1) is 10.3. The molecule has 5 nitrogen and oxygen atoms in total. The Bertz CT molecular complexity index is 841. The summed E-state index contributed by atoms with van der Waals surface area (Å²) in [6.07, 6.45) is 0. The summed E-state index contributed by atoms with van der Waals surface area (Å²) in [5.41, 5.74) is 4.95. The summed E-state index contributed by atoms with van der Waals surface area (Å²) >= 11 is 1.32. The Hall–Kier alpha value is -2.21. The number of carbonyl (C=O) groups excluding carboxylic acids is 1. The zero-order valence-corrected chi connectivity index (χ0v) is 13.8. The highest BCUT2D eigenvalue weighted by molar-refractivity contribution is 7.12. The highest BCUT2D eigenvalue weighted by Crippen LogP contribution is 2.26. The lowest BCUT2D eigenvalue weighted by atomic mass is 10.1. The number of hydrogen-bond donors (Lipinski definition) is 2. The van der Waals surface area contributed by atoms with Crippen LogP contribution in [0.5, 0.6) is 0 Å². The van der Waals surface area contributed by atoms with Crippen LogP contribution in [0, 0.1) is 6.92 Å². The second-order valence-corrected chi connectivity index (χ2v) is 7.19. The number of fused-ring (bicyclic) bond motifs is 1. The number of rotatable bonds is 2. The maximum atomic E-state index is 12.4. The summed E-state index contributed by atoms with van der Waals surface area (Å²) in [6.45, 7) is 7.89. The zero-order valence-electron chi connectivity index (χ0n) is 13.0. The molecule has 0 radical (unpaired) electrons. The number of imidazole rings is 1. The van der Waals surface area contributed by atoms with Crippen LogP contribution in [0.25, 0.3) is 22.6 Å². The number of nitrogens with zero attached hydrogens (tertiary/aromatic N) is 2. The van der Waals surface area contributed by atoms with Gasteiger partial charge in [-0.2, -0.15) is 0 Å². The molecule has 0 atom stereocenters. The van der Waals surface area contributed by atoms with E-state index in [1.54, 1.807) is 5.51 Å². The standard InChI is InChI=1S/C16H18N4OS/c1-9-5-6-10-11(7-9)19-14(18-10)12-13(22-8-17-12)15(21)20-16(2,3)4/h5-8H,1-4H3,(H,18,19)(H,20,21). The topological polar surface area (TPSA) is 70.7 Å². The fourth-order valence-corrected chi connectivity index (χ4v) is 2.88. The molecule has 0 unspecified atom stereocenters. The molecule has 0 bridgehead atoms. The van der Waals surface area contributed by atoms with Crippen molar-refractivity contribution in [2.45, 2.75) is 33.2 Å². The molecule has 0 aliphatic heterocycles. The lowest BCUT2D eigenvalue weighted by molar-refractivity contribution is 0.0924. The van der Waals surface area contributed by atoms with Gasteiger partial charge in [0.05, 0.1) is 16.5 Å². The molecule has 2 N–H and O–H groups in total. The van der Waals surface area contributed by atoms with Crippen molar-refractivity contribution in [1.29, 1.82) is 0 Å². The number of hydrogen-bond acceptors (Lipinski definition) is 4. The van der Waals surface area contributed by atoms with Gasteiger partial charge in [-0.05, 0) is 45.4 Å². The first-order valence-corrected chi connectivity index (χ1v) is 7.94. The molecule has 0 spiro atoms. The molecule has 0 saturated heterocycles. The summed E-state index contributed by atoms with van der Waals surface area (Å²) < 4.78 is 0. The van der Waals surface area contributed by atoms with Crippen molar-refractivity contribution in [2.24, 2.45) is 0 Å². The quantitative estimate of drug-likeness (QED) is 0.760. The molecule has 0 fully saturated rings. The fourth-order valence-electron chi connectivity index (χ4n) is 2.20. The highest BCUT2D eigenvalue weighted by Gasteiger charge is 2.22. The van der Waals surface area contributed by atoms with Gasteiger partial charge in [-0.25, -0.2) is 9.97 Å². The van der Waals surface area contributed by atoms with Gasteiger partial charge >= 0.3 is 0 Å². The van der Waals surface area contributed by atoms with E-state index in [9.17, 15) is 4.79 Å². The van der Waals surface area contributed by atoms with Crippen LogP contribution in [0.15, 0.2) is 23.7 Å². The third-order valence-electron chi connectivity index (χ3n) is 3.13. The molecule has 0 aliphatic carbocycles. The highest BCUT2D eigenvalue weighted by atomic mass is 32.1. The minimum Gasteiger partial charge on any atom is -0.347 e. The van der Waals surface area contributed by atoms with E-state index in [-0.39, 0.29) is 11.4 Å². The van der Waals surface area contributed by atoms with Crippen LogP contribution in [0.2, 0.25) is 0 Å². The third kappa shape index (κ3) is 2.87. The van der Waals surface area contributed by atoms with Crippen molar-refractivity contribution >= 4 is 28.3 Å². The number of amides is 1. The van der Waals surface area contributed by atoms with Crippen LogP contribution in [-0.4, -0.2) is 26.4 Å². The fraction of sp³-hybridized carbons (Fsp3) is 0.312. The zero-order chi connectivity index (χ0) is 15.9. The van der Waals surface area contributed by atoms with Crippen LogP contribution in [0.3, 0.4) is 0 Å². The van der Waals surface area contributed by atoms with Crippen molar-refractivity contribution in [1.82, 2.24) is 20.3 Å². The van der Waals surface area contributed by atoms with E-state index in [4.69, 9.17) is 0 Å². The molecule has 114 valence electrons. The van der Waals surface area contributed by atoms with Gasteiger partial charge in [-0.1, -0.05) is 6.07 Å². The van der Waals surface area contributed by atoms with Crippen molar-refractivity contribution in [3.05, 3.63) is 34.2 Å². The van der Waals surface area contributed by atoms with Crippen LogP contribution in [0.1, 0.15) is 36.0 Å². The molecule has 2 heterocycles. The van der Waals surface area contributed by atoms with Crippen molar-refractivity contribution in [3.63, 3.8) is 0 Å². The molecular weight excluding hydrogens is 296 g/mol. The number of aryl methyl sites for hydroxylation is 1. The minimum absolute atomic E-state index is 0.123. The first-order valence-electron chi connectivity index (χ1n) is 7.06. The Balaban J connectivity index is 2.01. The molecule has 0 saturated carbocycles. The monoisotopic (exact) mass is 314 g/mol.